The summed E-state index contributed by atoms with van der Waals surface area (Å²) in [5.74, 6) is 0.185. The number of nitrogens with zero attached hydrogens (tertiary/aromatic N) is 5. The molecule has 1 N–H and O–H groups in total. The van der Waals surface area contributed by atoms with Gasteiger partial charge in [0.05, 0.1) is 11.9 Å². The van der Waals surface area contributed by atoms with Crippen molar-refractivity contribution in [2.75, 3.05) is 11.4 Å². The zero-order valence-electron chi connectivity index (χ0n) is 19.4. The lowest BCUT2D eigenvalue weighted by atomic mass is 10.1. The molecule has 4 aromatic rings. The fraction of sp³-hybridized carbons (Fsp3) is 0.231. The van der Waals surface area contributed by atoms with Crippen molar-refractivity contribution in [3.8, 4) is 16.8 Å². The summed E-state index contributed by atoms with van der Waals surface area (Å²) < 4.78 is 3.43. The highest BCUT2D eigenvalue weighted by molar-refractivity contribution is 5.86. The largest absolute Gasteiger partial charge is 0.465 e. The van der Waals surface area contributed by atoms with E-state index in [9.17, 15) is 14.7 Å². The lowest BCUT2D eigenvalue weighted by Crippen LogP contribution is -2.32. The van der Waals surface area contributed by atoms with E-state index in [2.05, 4.69) is 10.2 Å². The molecule has 0 saturated heterocycles. The van der Waals surface area contributed by atoms with E-state index < -0.39 is 6.09 Å². The smallest absolute Gasteiger partial charge is 0.411 e. The summed E-state index contributed by atoms with van der Waals surface area (Å²) in [6.45, 7) is 4.33. The Labute approximate surface area is 197 Å². The number of carboxylic acid groups (broad SMARTS) is 1. The van der Waals surface area contributed by atoms with E-state index in [1.807, 2.05) is 57.4 Å². The van der Waals surface area contributed by atoms with Gasteiger partial charge in [-0.1, -0.05) is 38.1 Å². The number of carbonyl (C=O) groups is 1. The van der Waals surface area contributed by atoms with E-state index in [1.165, 1.54) is 11.0 Å². The van der Waals surface area contributed by atoms with E-state index >= 15 is 0 Å². The molecule has 174 valence electrons. The predicted octanol–water partition coefficient (Wildman–Crippen LogP) is 4.36. The maximum absolute atomic E-state index is 12.6. The molecule has 0 spiro atoms. The van der Waals surface area contributed by atoms with Gasteiger partial charge >= 0.3 is 6.09 Å². The van der Waals surface area contributed by atoms with E-state index in [4.69, 9.17) is 0 Å². The zero-order chi connectivity index (χ0) is 24.2. The molecule has 0 bridgehead atoms. The Morgan fingerprint density at radius 2 is 1.88 bits per heavy atom. The molecular formula is C26H27N5O3. The van der Waals surface area contributed by atoms with Crippen LogP contribution in [0.25, 0.3) is 16.8 Å². The maximum atomic E-state index is 12.6. The summed E-state index contributed by atoms with van der Waals surface area (Å²) in [5.41, 5.74) is 4.44. The molecule has 0 aliphatic rings. The second-order valence-electron chi connectivity index (χ2n) is 8.66. The van der Waals surface area contributed by atoms with Crippen LogP contribution in [0, 0.1) is 5.92 Å². The van der Waals surface area contributed by atoms with E-state index in [0.717, 1.165) is 22.4 Å². The van der Waals surface area contributed by atoms with Crippen LogP contribution >= 0.6 is 0 Å². The van der Waals surface area contributed by atoms with Gasteiger partial charge in [0.2, 0.25) is 5.43 Å². The lowest BCUT2D eigenvalue weighted by Gasteiger charge is -2.22. The Hall–Kier alpha value is -4.20. The van der Waals surface area contributed by atoms with Crippen LogP contribution in [-0.2, 0) is 13.5 Å². The van der Waals surface area contributed by atoms with Gasteiger partial charge in [-0.3, -0.25) is 14.4 Å². The molecule has 0 aliphatic carbocycles. The topological polar surface area (TPSA) is 93.2 Å². The molecule has 0 radical (unpaired) electrons. The molecule has 0 atom stereocenters. The van der Waals surface area contributed by atoms with Crippen LogP contribution in [0.15, 0.2) is 78.0 Å². The highest BCUT2D eigenvalue weighted by atomic mass is 16.4. The number of hydrogen-bond acceptors (Lipinski definition) is 4. The Kier molecular flexibility index (Phi) is 6.58. The third-order valence-corrected chi connectivity index (χ3v) is 5.40. The van der Waals surface area contributed by atoms with Crippen LogP contribution in [0.3, 0.4) is 0 Å². The van der Waals surface area contributed by atoms with Crippen molar-refractivity contribution in [1.29, 1.82) is 0 Å². The van der Waals surface area contributed by atoms with E-state index in [1.54, 1.807) is 40.0 Å². The lowest BCUT2D eigenvalue weighted by molar-refractivity contribution is 0.201. The number of amides is 1. The molecule has 4 rings (SSSR count). The molecule has 2 aromatic carbocycles. The first-order chi connectivity index (χ1) is 16.3. The van der Waals surface area contributed by atoms with Gasteiger partial charge in [0.25, 0.3) is 0 Å². The van der Waals surface area contributed by atoms with Crippen molar-refractivity contribution in [2.24, 2.45) is 13.0 Å². The Bertz CT molecular complexity index is 1370. The minimum absolute atomic E-state index is 0.165. The Morgan fingerprint density at radius 1 is 1.09 bits per heavy atom. The second kappa shape index (κ2) is 9.74. The van der Waals surface area contributed by atoms with Gasteiger partial charge in [0.1, 0.15) is 5.69 Å². The fourth-order valence-corrected chi connectivity index (χ4v) is 3.80. The average Bonchev–Trinajstić information content (AvgIpc) is 3.25. The quantitative estimate of drug-likeness (QED) is 0.445. The molecule has 2 heterocycles. The summed E-state index contributed by atoms with van der Waals surface area (Å²) in [6.07, 6.45) is 4.69. The standard InChI is InChI=1S/C26H27N5O3/c1-18(2)16-30(26(33)34)22-8-4-6-19(12-22)13-24-25(32)10-11-31(28-24)23-9-5-7-20(14-23)21-15-27-29(3)17-21/h4-12,14-15,17-18H,13,16H2,1-3H3,(H,33,34). The number of benzene rings is 2. The zero-order valence-corrected chi connectivity index (χ0v) is 19.4. The van der Waals surface area contributed by atoms with Gasteiger partial charge in [-0.15, -0.1) is 0 Å². The van der Waals surface area contributed by atoms with Gasteiger partial charge < -0.3 is 5.11 Å². The third kappa shape index (κ3) is 5.23. The van der Waals surface area contributed by atoms with Crippen molar-refractivity contribution >= 4 is 11.8 Å². The first kappa shape index (κ1) is 23.0. The first-order valence-electron chi connectivity index (χ1n) is 11.1. The minimum Gasteiger partial charge on any atom is -0.465 e. The van der Waals surface area contributed by atoms with E-state index in [-0.39, 0.29) is 11.3 Å². The summed E-state index contributed by atoms with van der Waals surface area (Å²) in [7, 11) is 1.87. The van der Waals surface area contributed by atoms with Crippen molar-refractivity contribution in [3.63, 3.8) is 0 Å². The second-order valence-corrected chi connectivity index (χ2v) is 8.66. The van der Waals surface area contributed by atoms with Crippen LogP contribution in [0.2, 0.25) is 0 Å². The van der Waals surface area contributed by atoms with Crippen LogP contribution in [0.4, 0.5) is 10.5 Å². The van der Waals surface area contributed by atoms with Crippen LogP contribution < -0.4 is 10.3 Å². The third-order valence-electron chi connectivity index (χ3n) is 5.40. The molecule has 0 aliphatic heterocycles. The molecule has 1 amide bonds. The van der Waals surface area contributed by atoms with Crippen molar-refractivity contribution in [3.05, 3.63) is 94.7 Å². The average molecular weight is 458 g/mol. The molecule has 34 heavy (non-hydrogen) atoms. The fourth-order valence-electron chi connectivity index (χ4n) is 3.80. The van der Waals surface area contributed by atoms with Gasteiger partial charge in [-0.25, -0.2) is 9.48 Å². The molecule has 0 unspecified atom stereocenters. The van der Waals surface area contributed by atoms with Crippen molar-refractivity contribution < 1.29 is 9.90 Å². The summed E-state index contributed by atoms with van der Waals surface area (Å²) in [6, 6.07) is 16.6. The van der Waals surface area contributed by atoms with Gasteiger partial charge in [-0.05, 0) is 41.3 Å². The number of anilines is 1. The molecular weight excluding hydrogens is 430 g/mol. The summed E-state index contributed by atoms with van der Waals surface area (Å²) >= 11 is 0. The number of aryl methyl sites for hydroxylation is 1. The van der Waals surface area contributed by atoms with Crippen LogP contribution in [0.5, 0.6) is 0 Å². The molecule has 8 nitrogen and oxygen atoms in total. The van der Waals surface area contributed by atoms with Gasteiger partial charge in [0.15, 0.2) is 0 Å². The molecule has 0 saturated carbocycles. The Balaban J connectivity index is 1.63. The highest BCUT2D eigenvalue weighted by Crippen LogP contribution is 2.22. The molecule has 2 aromatic heterocycles. The SMILES string of the molecule is CC(C)CN(C(=O)O)c1cccc(Cc2nn(-c3cccc(-c4cnn(C)c4)c3)ccc2=O)c1. The molecule has 0 fully saturated rings. The van der Waals surface area contributed by atoms with E-state index in [0.29, 0.717) is 24.3 Å². The normalized spacial score (nSPS) is 11.1. The number of rotatable bonds is 7. The van der Waals surface area contributed by atoms with Gasteiger partial charge in [-0.2, -0.15) is 10.2 Å². The minimum atomic E-state index is -1.00. The number of hydrogen-bond donors (Lipinski definition) is 1. The molecule has 8 heteroatoms. The van der Waals surface area contributed by atoms with Crippen LogP contribution in [0.1, 0.15) is 25.1 Å². The Morgan fingerprint density at radius 3 is 2.59 bits per heavy atom. The number of aromatic nitrogens is 4. The van der Waals surface area contributed by atoms with Gasteiger partial charge in [0, 0.05) is 49.7 Å². The summed E-state index contributed by atoms with van der Waals surface area (Å²) in [5, 5.41) is 18.4. The van der Waals surface area contributed by atoms with Crippen molar-refractivity contribution in [2.45, 2.75) is 20.3 Å². The maximum Gasteiger partial charge on any atom is 0.411 e. The summed E-state index contributed by atoms with van der Waals surface area (Å²) in [4.78, 5) is 25.7. The van der Waals surface area contributed by atoms with Crippen molar-refractivity contribution in [1.82, 2.24) is 19.6 Å². The van der Waals surface area contributed by atoms with Crippen LogP contribution in [-0.4, -0.2) is 37.3 Å². The highest BCUT2D eigenvalue weighted by Gasteiger charge is 2.16. The monoisotopic (exact) mass is 457 g/mol. The predicted molar refractivity (Wildman–Crippen MR) is 131 cm³/mol. The first-order valence-corrected chi connectivity index (χ1v) is 11.1.